The molecule has 0 aromatic rings. The molecule has 2 fully saturated rings. The van der Waals surface area contributed by atoms with E-state index in [1.54, 1.807) is 0 Å². The molecule has 4 heteroatoms. The van der Waals surface area contributed by atoms with Crippen molar-refractivity contribution >= 4 is 5.91 Å². The van der Waals surface area contributed by atoms with E-state index in [1.807, 2.05) is 4.90 Å². The maximum absolute atomic E-state index is 12.2. The van der Waals surface area contributed by atoms with E-state index in [9.17, 15) is 9.90 Å². The van der Waals surface area contributed by atoms with Gasteiger partial charge < -0.3 is 14.7 Å². The number of hydrogen-bond donors (Lipinski definition) is 1. The second-order valence-corrected chi connectivity index (χ2v) is 5.16. The van der Waals surface area contributed by atoms with Gasteiger partial charge in [-0.3, -0.25) is 4.79 Å². The van der Waals surface area contributed by atoms with Crippen molar-refractivity contribution < 1.29 is 14.6 Å². The second-order valence-electron chi connectivity index (χ2n) is 5.16. The van der Waals surface area contributed by atoms with Crippen molar-refractivity contribution in [3.8, 4) is 0 Å². The topological polar surface area (TPSA) is 49.8 Å². The second kappa shape index (κ2) is 5.83. The van der Waals surface area contributed by atoms with Crippen LogP contribution in [0.1, 0.15) is 39.0 Å². The quantitative estimate of drug-likeness (QED) is 0.789. The Bertz CT molecular complexity index is 263. The molecule has 2 heterocycles. The highest BCUT2D eigenvalue weighted by Gasteiger charge is 2.33. The van der Waals surface area contributed by atoms with Crippen LogP contribution in [0.5, 0.6) is 0 Å². The lowest BCUT2D eigenvalue weighted by molar-refractivity contribution is -0.150. The number of carbonyl (C=O) groups is 1. The van der Waals surface area contributed by atoms with E-state index < -0.39 is 0 Å². The molecule has 0 aliphatic carbocycles. The van der Waals surface area contributed by atoms with E-state index in [0.29, 0.717) is 26.1 Å². The van der Waals surface area contributed by atoms with Crippen LogP contribution in [0.2, 0.25) is 0 Å². The van der Waals surface area contributed by atoms with Crippen LogP contribution in [0.15, 0.2) is 0 Å². The highest BCUT2D eigenvalue weighted by molar-refractivity contribution is 5.81. The SMILES string of the molecule is CCC1CN(C(=O)C2CCCCO2)CCC1O. The first-order valence-corrected chi connectivity index (χ1v) is 6.80. The number of amides is 1. The normalized spacial score (nSPS) is 34.7. The van der Waals surface area contributed by atoms with Gasteiger partial charge in [0.2, 0.25) is 0 Å². The van der Waals surface area contributed by atoms with Crippen LogP contribution in [0.4, 0.5) is 0 Å². The minimum atomic E-state index is -0.240. The molecule has 0 bridgehead atoms. The molecule has 0 radical (unpaired) electrons. The third-order valence-corrected chi connectivity index (χ3v) is 3.99. The molecule has 0 spiro atoms. The van der Waals surface area contributed by atoms with Gasteiger partial charge in [-0.25, -0.2) is 0 Å². The van der Waals surface area contributed by atoms with E-state index >= 15 is 0 Å². The zero-order valence-corrected chi connectivity index (χ0v) is 10.6. The van der Waals surface area contributed by atoms with Gasteiger partial charge in [0, 0.05) is 25.6 Å². The lowest BCUT2D eigenvalue weighted by atomic mass is 9.92. The maximum Gasteiger partial charge on any atom is 0.251 e. The van der Waals surface area contributed by atoms with Gasteiger partial charge in [0.25, 0.3) is 5.91 Å². The molecule has 4 nitrogen and oxygen atoms in total. The van der Waals surface area contributed by atoms with Gasteiger partial charge in [0.1, 0.15) is 6.10 Å². The van der Waals surface area contributed by atoms with E-state index in [2.05, 4.69) is 6.92 Å². The van der Waals surface area contributed by atoms with Gasteiger partial charge in [-0.2, -0.15) is 0 Å². The summed E-state index contributed by atoms with van der Waals surface area (Å²) >= 11 is 0. The fourth-order valence-electron chi connectivity index (χ4n) is 2.76. The molecule has 2 saturated heterocycles. The summed E-state index contributed by atoms with van der Waals surface area (Å²) in [7, 11) is 0. The van der Waals surface area contributed by atoms with Crippen molar-refractivity contribution in [1.29, 1.82) is 0 Å². The first kappa shape index (κ1) is 12.8. The van der Waals surface area contributed by atoms with Gasteiger partial charge in [0.15, 0.2) is 0 Å². The van der Waals surface area contributed by atoms with Gasteiger partial charge in [-0.1, -0.05) is 6.92 Å². The van der Waals surface area contributed by atoms with Crippen molar-refractivity contribution in [3.63, 3.8) is 0 Å². The molecule has 1 amide bonds. The molecule has 2 aliphatic heterocycles. The minimum absolute atomic E-state index is 0.134. The molecular formula is C13H23NO3. The van der Waals surface area contributed by atoms with Gasteiger partial charge in [0.05, 0.1) is 6.10 Å². The van der Waals surface area contributed by atoms with Crippen LogP contribution in [0.3, 0.4) is 0 Å². The van der Waals surface area contributed by atoms with Crippen LogP contribution in [0.25, 0.3) is 0 Å². The third-order valence-electron chi connectivity index (χ3n) is 3.99. The molecular weight excluding hydrogens is 218 g/mol. The molecule has 3 unspecified atom stereocenters. The summed E-state index contributed by atoms with van der Waals surface area (Å²) < 4.78 is 5.53. The van der Waals surface area contributed by atoms with E-state index in [1.165, 1.54) is 0 Å². The van der Waals surface area contributed by atoms with Crippen molar-refractivity contribution in [3.05, 3.63) is 0 Å². The average Bonchev–Trinajstić information content (AvgIpc) is 2.39. The Morgan fingerprint density at radius 3 is 2.88 bits per heavy atom. The number of likely N-dealkylation sites (tertiary alicyclic amines) is 1. The molecule has 2 rings (SSSR count). The summed E-state index contributed by atoms with van der Waals surface area (Å²) in [4.78, 5) is 14.1. The first-order chi connectivity index (χ1) is 8.22. The average molecular weight is 241 g/mol. The fraction of sp³-hybridized carbons (Fsp3) is 0.923. The Balaban J connectivity index is 1.90. The molecule has 0 saturated carbocycles. The monoisotopic (exact) mass is 241 g/mol. The van der Waals surface area contributed by atoms with Gasteiger partial charge in [-0.05, 0) is 32.1 Å². The lowest BCUT2D eigenvalue weighted by Gasteiger charge is -2.38. The van der Waals surface area contributed by atoms with Crippen LogP contribution in [-0.2, 0) is 9.53 Å². The fourth-order valence-corrected chi connectivity index (χ4v) is 2.76. The number of nitrogens with zero attached hydrogens (tertiary/aromatic N) is 1. The van der Waals surface area contributed by atoms with Crippen LogP contribution < -0.4 is 0 Å². The number of aliphatic hydroxyl groups is 1. The Morgan fingerprint density at radius 1 is 1.41 bits per heavy atom. The van der Waals surface area contributed by atoms with E-state index in [-0.39, 0.29) is 24.0 Å². The Kier molecular flexibility index (Phi) is 4.40. The molecule has 2 aliphatic rings. The highest BCUT2D eigenvalue weighted by atomic mass is 16.5. The number of ether oxygens (including phenoxy) is 1. The summed E-state index contributed by atoms with van der Waals surface area (Å²) in [6.45, 7) is 4.15. The largest absolute Gasteiger partial charge is 0.393 e. The van der Waals surface area contributed by atoms with Crippen LogP contribution in [0, 0.1) is 5.92 Å². The smallest absolute Gasteiger partial charge is 0.251 e. The molecule has 3 atom stereocenters. The van der Waals surface area contributed by atoms with Crippen molar-refractivity contribution in [2.45, 2.75) is 51.2 Å². The number of aliphatic hydroxyl groups excluding tert-OH is 1. The molecule has 98 valence electrons. The lowest BCUT2D eigenvalue weighted by Crippen LogP contribution is -2.50. The molecule has 0 aromatic heterocycles. The summed E-state index contributed by atoms with van der Waals surface area (Å²) in [6.07, 6.45) is 4.18. The van der Waals surface area contributed by atoms with E-state index in [0.717, 1.165) is 25.7 Å². The summed E-state index contributed by atoms with van der Waals surface area (Å²) in [5, 5.41) is 9.81. The summed E-state index contributed by atoms with van der Waals surface area (Å²) in [5.41, 5.74) is 0. The predicted octanol–water partition coefficient (Wildman–Crippen LogP) is 1.17. The highest BCUT2D eigenvalue weighted by Crippen LogP contribution is 2.23. The Hall–Kier alpha value is -0.610. The van der Waals surface area contributed by atoms with Crippen LogP contribution in [-0.4, -0.2) is 47.8 Å². The molecule has 17 heavy (non-hydrogen) atoms. The standard InChI is InChI=1S/C13H23NO3/c1-2-10-9-14(7-6-11(10)15)13(16)12-5-3-4-8-17-12/h10-12,15H,2-9H2,1H3. The Morgan fingerprint density at radius 2 is 2.24 bits per heavy atom. The van der Waals surface area contributed by atoms with Crippen molar-refractivity contribution in [2.24, 2.45) is 5.92 Å². The van der Waals surface area contributed by atoms with E-state index in [4.69, 9.17) is 4.74 Å². The first-order valence-electron chi connectivity index (χ1n) is 6.80. The molecule has 0 aromatic carbocycles. The summed E-state index contributed by atoms with van der Waals surface area (Å²) in [5.74, 6) is 0.367. The van der Waals surface area contributed by atoms with Crippen molar-refractivity contribution in [2.75, 3.05) is 19.7 Å². The van der Waals surface area contributed by atoms with Gasteiger partial charge >= 0.3 is 0 Å². The number of hydrogen-bond acceptors (Lipinski definition) is 3. The third kappa shape index (κ3) is 2.99. The Labute approximate surface area is 103 Å². The van der Waals surface area contributed by atoms with Gasteiger partial charge in [-0.15, -0.1) is 0 Å². The molecule has 1 N–H and O–H groups in total. The number of rotatable bonds is 2. The maximum atomic E-state index is 12.2. The summed E-state index contributed by atoms with van der Waals surface area (Å²) in [6, 6.07) is 0. The minimum Gasteiger partial charge on any atom is -0.393 e. The van der Waals surface area contributed by atoms with Crippen LogP contribution >= 0.6 is 0 Å². The van der Waals surface area contributed by atoms with Crippen molar-refractivity contribution in [1.82, 2.24) is 4.90 Å². The zero-order chi connectivity index (χ0) is 12.3. The zero-order valence-electron chi connectivity index (χ0n) is 10.6. The number of carbonyl (C=O) groups excluding carboxylic acids is 1. The predicted molar refractivity (Wildman–Crippen MR) is 64.6 cm³/mol. The number of piperidine rings is 1.